The Morgan fingerprint density at radius 3 is 1.94 bits per heavy atom. The van der Waals surface area contributed by atoms with Gasteiger partial charge in [-0.2, -0.15) is 0 Å². The monoisotopic (exact) mass is 482 g/mol. The lowest BCUT2D eigenvalue weighted by molar-refractivity contribution is 0.667. The molecule has 5 aromatic carbocycles. The molecule has 0 unspecified atom stereocenters. The third-order valence-corrected chi connectivity index (χ3v) is 8.28. The quantitative estimate of drug-likeness (QED) is 0.169. The molecule has 0 aliphatic heterocycles. The highest BCUT2D eigenvalue weighted by Gasteiger charge is 2.09. The van der Waals surface area contributed by atoms with Crippen LogP contribution in [0.4, 0.5) is 0 Å². The van der Waals surface area contributed by atoms with Crippen LogP contribution in [0.25, 0.3) is 41.7 Å². The number of unbranched alkanes of at least 4 members (excludes halogenated alkanes) is 3. The summed E-state index contributed by atoms with van der Waals surface area (Å²) in [4.78, 5) is 0. The fraction of sp³-hybridized carbons (Fsp3) is 0.200. The Balaban J connectivity index is 1.29. The zero-order valence-electron chi connectivity index (χ0n) is 21.0. The molecule has 0 N–H and O–H groups in total. The van der Waals surface area contributed by atoms with Gasteiger partial charge >= 0.3 is 0 Å². The summed E-state index contributed by atoms with van der Waals surface area (Å²) in [5.41, 5.74) is 4.86. The van der Waals surface area contributed by atoms with E-state index in [1.165, 1.54) is 84.9 Å². The summed E-state index contributed by atoms with van der Waals surface area (Å²) in [6.45, 7) is 4.42. The Labute approximate surface area is 217 Å². The lowest BCUT2D eigenvalue weighted by Crippen LogP contribution is -1.86. The largest absolute Gasteiger partial charge is 0.135 e. The maximum absolute atomic E-state index is 3.39. The highest BCUT2D eigenvalue weighted by Crippen LogP contribution is 2.38. The van der Waals surface area contributed by atoms with E-state index in [-0.39, 0.29) is 0 Å². The number of hydrogen-bond donors (Lipinski definition) is 0. The van der Waals surface area contributed by atoms with E-state index in [9.17, 15) is 0 Å². The van der Waals surface area contributed by atoms with Gasteiger partial charge in [-0.05, 0) is 95.4 Å². The van der Waals surface area contributed by atoms with Gasteiger partial charge in [-0.3, -0.25) is 0 Å². The highest BCUT2D eigenvalue weighted by atomic mass is 32.1. The molecule has 176 valence electrons. The summed E-state index contributed by atoms with van der Waals surface area (Å²) in [7, 11) is 0. The van der Waals surface area contributed by atoms with Gasteiger partial charge < -0.3 is 0 Å². The molecule has 0 spiro atoms. The van der Waals surface area contributed by atoms with Crippen LogP contribution in [-0.2, 0) is 6.42 Å². The average Bonchev–Trinajstić information content (AvgIpc) is 3.23. The molecule has 6 rings (SSSR count). The van der Waals surface area contributed by atoms with Gasteiger partial charge in [0, 0.05) is 31.3 Å². The van der Waals surface area contributed by atoms with Crippen molar-refractivity contribution >= 4 is 53.1 Å². The van der Waals surface area contributed by atoms with E-state index in [1.807, 2.05) is 11.3 Å². The highest BCUT2D eigenvalue weighted by molar-refractivity contribution is 7.26. The van der Waals surface area contributed by atoms with Crippen molar-refractivity contribution in [1.82, 2.24) is 0 Å². The molecule has 6 aromatic rings. The minimum Gasteiger partial charge on any atom is -0.135 e. The van der Waals surface area contributed by atoms with E-state index in [0.717, 1.165) is 11.1 Å². The van der Waals surface area contributed by atoms with Gasteiger partial charge in [0.2, 0.25) is 0 Å². The van der Waals surface area contributed by atoms with Gasteiger partial charge in [0.15, 0.2) is 0 Å². The third kappa shape index (κ3) is 4.62. The molecule has 0 amide bonds. The Hall–Kier alpha value is -3.60. The molecule has 0 bridgehead atoms. The third-order valence-electron chi connectivity index (χ3n) is 7.17. The van der Waals surface area contributed by atoms with Crippen LogP contribution < -0.4 is 0 Å². The zero-order valence-corrected chi connectivity index (χ0v) is 21.8. The SMILES string of the molecule is CCCCCCc1ccc(C#Cc2ccc3cc4c(cc3c2)sc2cc3cc(C)ccc3cc24)cc1. The first-order chi connectivity index (χ1) is 17.7. The first-order valence-electron chi connectivity index (χ1n) is 13.1. The van der Waals surface area contributed by atoms with E-state index in [1.54, 1.807) is 0 Å². The Kier molecular flexibility index (Phi) is 6.22. The summed E-state index contributed by atoms with van der Waals surface area (Å²) in [6.07, 6.45) is 6.39. The minimum absolute atomic E-state index is 1.06. The molecule has 0 saturated heterocycles. The number of benzene rings is 5. The van der Waals surface area contributed by atoms with E-state index >= 15 is 0 Å². The van der Waals surface area contributed by atoms with Crippen LogP contribution >= 0.6 is 11.3 Å². The molecule has 0 nitrogen and oxygen atoms in total. The van der Waals surface area contributed by atoms with Crippen molar-refractivity contribution < 1.29 is 0 Å². The van der Waals surface area contributed by atoms with Crippen LogP contribution in [0, 0.1) is 18.8 Å². The standard InChI is InChI=1S/C35H30S/c1-3-4-5-6-7-25-9-11-26(12-10-25)13-14-27-15-17-29-21-33-32-20-28-16-8-24(2)18-30(28)22-34(32)36-35(33)23-31(29)19-27/h8-12,15-23H,3-7H2,1-2H3. The Morgan fingerprint density at radius 2 is 1.22 bits per heavy atom. The second-order valence-electron chi connectivity index (χ2n) is 9.97. The Bertz CT molecular complexity index is 1770. The van der Waals surface area contributed by atoms with E-state index in [2.05, 4.69) is 111 Å². The molecule has 0 radical (unpaired) electrons. The molecule has 1 heteroatoms. The minimum atomic E-state index is 1.06. The van der Waals surface area contributed by atoms with Crippen LogP contribution in [0.2, 0.25) is 0 Å². The first kappa shape index (κ1) is 22.8. The summed E-state index contributed by atoms with van der Waals surface area (Å²) in [5.74, 6) is 6.75. The van der Waals surface area contributed by atoms with Crippen molar-refractivity contribution in [3.63, 3.8) is 0 Å². The van der Waals surface area contributed by atoms with E-state index < -0.39 is 0 Å². The molecule has 0 fully saturated rings. The molecule has 1 aromatic heterocycles. The molecule has 1 heterocycles. The van der Waals surface area contributed by atoms with Crippen LogP contribution in [0.3, 0.4) is 0 Å². The van der Waals surface area contributed by atoms with Gasteiger partial charge in [-0.1, -0.05) is 80.0 Å². The van der Waals surface area contributed by atoms with Gasteiger partial charge in [0.05, 0.1) is 0 Å². The van der Waals surface area contributed by atoms with Crippen LogP contribution in [-0.4, -0.2) is 0 Å². The number of aryl methyl sites for hydroxylation is 2. The van der Waals surface area contributed by atoms with E-state index in [4.69, 9.17) is 0 Å². The van der Waals surface area contributed by atoms with Crippen molar-refractivity contribution in [2.45, 2.75) is 46.0 Å². The zero-order chi connectivity index (χ0) is 24.5. The molecule has 36 heavy (non-hydrogen) atoms. The lowest BCUT2D eigenvalue weighted by atomic mass is 10.0. The number of thiophene rings is 1. The predicted octanol–water partition coefficient (Wildman–Crippen LogP) is 10.2. The summed E-state index contributed by atoms with van der Waals surface area (Å²) >= 11 is 1.89. The second kappa shape index (κ2) is 9.81. The molecular formula is C35H30S. The lowest BCUT2D eigenvalue weighted by Gasteiger charge is -2.02. The van der Waals surface area contributed by atoms with E-state index in [0.29, 0.717) is 0 Å². The summed E-state index contributed by atoms with van der Waals surface area (Å²) in [5, 5.41) is 7.85. The first-order valence-corrected chi connectivity index (χ1v) is 13.9. The summed E-state index contributed by atoms with van der Waals surface area (Å²) in [6, 6.07) is 31.5. The van der Waals surface area contributed by atoms with Crippen molar-refractivity contribution in [1.29, 1.82) is 0 Å². The van der Waals surface area contributed by atoms with Crippen LogP contribution in [0.15, 0.2) is 84.9 Å². The van der Waals surface area contributed by atoms with Gasteiger partial charge in [0.25, 0.3) is 0 Å². The fourth-order valence-electron chi connectivity index (χ4n) is 5.11. The normalized spacial score (nSPS) is 11.4. The molecule has 0 saturated carbocycles. The van der Waals surface area contributed by atoms with Crippen molar-refractivity contribution in [2.75, 3.05) is 0 Å². The predicted molar refractivity (Wildman–Crippen MR) is 159 cm³/mol. The molecule has 0 atom stereocenters. The van der Waals surface area contributed by atoms with Crippen molar-refractivity contribution in [3.8, 4) is 11.8 Å². The maximum atomic E-state index is 3.39. The van der Waals surface area contributed by atoms with Crippen molar-refractivity contribution in [2.24, 2.45) is 0 Å². The number of rotatable bonds is 5. The van der Waals surface area contributed by atoms with Gasteiger partial charge in [-0.25, -0.2) is 0 Å². The molecule has 0 aliphatic rings. The smallest absolute Gasteiger partial charge is 0.0361 e. The molecular weight excluding hydrogens is 452 g/mol. The maximum Gasteiger partial charge on any atom is 0.0361 e. The average molecular weight is 483 g/mol. The summed E-state index contributed by atoms with van der Waals surface area (Å²) < 4.78 is 2.69. The van der Waals surface area contributed by atoms with Gasteiger partial charge in [0.1, 0.15) is 0 Å². The number of fused-ring (bicyclic) bond motifs is 5. The van der Waals surface area contributed by atoms with Crippen molar-refractivity contribution in [3.05, 3.63) is 107 Å². The van der Waals surface area contributed by atoms with Gasteiger partial charge in [-0.15, -0.1) is 11.3 Å². The topological polar surface area (TPSA) is 0 Å². The second-order valence-corrected chi connectivity index (χ2v) is 11.1. The number of hydrogen-bond acceptors (Lipinski definition) is 1. The Morgan fingerprint density at radius 1 is 0.583 bits per heavy atom. The molecule has 0 aliphatic carbocycles. The van der Waals surface area contributed by atoms with Crippen LogP contribution in [0.1, 0.15) is 54.9 Å². The van der Waals surface area contributed by atoms with Crippen LogP contribution in [0.5, 0.6) is 0 Å². The fourth-order valence-corrected chi connectivity index (χ4v) is 6.28.